The van der Waals surface area contributed by atoms with Gasteiger partial charge in [0.1, 0.15) is 0 Å². The summed E-state index contributed by atoms with van der Waals surface area (Å²) in [5.41, 5.74) is 13.0. The maximum atomic E-state index is 5.19. The molecule has 0 bridgehead atoms. The van der Waals surface area contributed by atoms with Gasteiger partial charge in [0, 0.05) is 11.1 Å². The number of fused-ring (bicyclic) bond motifs is 5. The molecular weight excluding hydrogens is 544 g/mol. The lowest BCUT2D eigenvalue weighted by Gasteiger charge is -2.34. The van der Waals surface area contributed by atoms with Crippen LogP contribution in [0.5, 0.6) is 0 Å². The lowest BCUT2D eigenvalue weighted by molar-refractivity contribution is 0.769. The van der Waals surface area contributed by atoms with E-state index in [9.17, 15) is 0 Å². The summed E-state index contributed by atoms with van der Waals surface area (Å²) < 4.78 is 0. The molecule has 0 aliphatic heterocycles. The van der Waals surface area contributed by atoms with Gasteiger partial charge in [-0.2, -0.15) is 0 Å². The average molecular weight is 573 g/mol. The maximum absolute atomic E-state index is 5.19. The van der Waals surface area contributed by atoms with Crippen LogP contribution >= 0.6 is 0 Å². The lowest BCUT2D eigenvalue weighted by Crippen LogP contribution is -2.28. The molecule has 0 unspecified atom stereocenters. The molecule has 1 aliphatic rings. The molecule has 2 nitrogen and oxygen atoms in total. The standard InChI is InChI=1S/C43H28N2/c1-4-14-29(15-5-1)41-42(45-40-23-13-12-22-39(40)44-41)31-25-24-30-27-36-35-20-10-11-21-37(35)43(33-16-6-2-7-17-33,34-18-8-3-9-19-34)38(36)28-32(30)26-31/h1-28H. The zero-order chi connectivity index (χ0) is 29.8. The molecule has 0 radical (unpaired) electrons. The Labute approximate surface area is 262 Å². The molecule has 0 spiro atoms. The van der Waals surface area contributed by atoms with Gasteiger partial charge in [-0.15, -0.1) is 0 Å². The van der Waals surface area contributed by atoms with E-state index in [0.29, 0.717) is 0 Å². The van der Waals surface area contributed by atoms with Gasteiger partial charge in [-0.25, -0.2) is 9.97 Å². The SMILES string of the molecule is c1ccc(-c2nc3ccccc3nc2-c2ccc3cc4c(cc3c2)C(c2ccccc2)(c2ccccc2)c2ccccc2-4)cc1. The average Bonchev–Trinajstić information content (AvgIpc) is 3.41. The number of rotatable bonds is 4. The highest BCUT2D eigenvalue weighted by molar-refractivity contribution is 5.98. The van der Waals surface area contributed by atoms with Gasteiger partial charge in [0.25, 0.3) is 0 Å². The first kappa shape index (κ1) is 25.6. The summed E-state index contributed by atoms with van der Waals surface area (Å²) in [6.07, 6.45) is 0. The van der Waals surface area contributed by atoms with E-state index in [1.54, 1.807) is 0 Å². The summed E-state index contributed by atoms with van der Waals surface area (Å²) in [7, 11) is 0. The van der Waals surface area contributed by atoms with Crippen LogP contribution in [0.4, 0.5) is 0 Å². The fraction of sp³-hybridized carbons (Fsp3) is 0.0233. The van der Waals surface area contributed by atoms with Crippen LogP contribution < -0.4 is 0 Å². The number of benzene rings is 7. The van der Waals surface area contributed by atoms with Crippen molar-refractivity contribution in [1.29, 1.82) is 0 Å². The molecule has 0 atom stereocenters. The zero-order valence-electron chi connectivity index (χ0n) is 24.6. The highest BCUT2D eigenvalue weighted by atomic mass is 14.8. The first-order chi connectivity index (χ1) is 22.3. The Bertz CT molecular complexity index is 2320. The van der Waals surface area contributed by atoms with Crippen LogP contribution in [0.1, 0.15) is 22.3 Å². The number of nitrogens with zero attached hydrogens (tertiary/aromatic N) is 2. The molecule has 0 N–H and O–H groups in total. The van der Waals surface area contributed by atoms with Crippen LogP contribution in [0.3, 0.4) is 0 Å². The number of aromatic nitrogens is 2. The Morgan fingerprint density at radius 1 is 0.356 bits per heavy atom. The summed E-state index contributed by atoms with van der Waals surface area (Å²) in [5, 5.41) is 2.39. The molecule has 8 aromatic rings. The molecule has 9 rings (SSSR count). The van der Waals surface area contributed by atoms with Crippen molar-refractivity contribution in [2.45, 2.75) is 5.41 Å². The van der Waals surface area contributed by atoms with E-state index < -0.39 is 5.41 Å². The van der Waals surface area contributed by atoms with Crippen molar-refractivity contribution in [1.82, 2.24) is 9.97 Å². The smallest absolute Gasteiger partial charge is 0.0973 e. The number of para-hydroxylation sites is 2. The highest BCUT2D eigenvalue weighted by Crippen LogP contribution is 2.56. The van der Waals surface area contributed by atoms with E-state index in [-0.39, 0.29) is 0 Å². The topological polar surface area (TPSA) is 25.8 Å². The highest BCUT2D eigenvalue weighted by Gasteiger charge is 2.46. The number of hydrogen-bond acceptors (Lipinski definition) is 2. The van der Waals surface area contributed by atoms with Crippen LogP contribution in [-0.4, -0.2) is 9.97 Å². The Hall–Kier alpha value is -5.86. The molecule has 0 fully saturated rings. The van der Waals surface area contributed by atoms with Crippen molar-refractivity contribution >= 4 is 21.8 Å². The van der Waals surface area contributed by atoms with Gasteiger partial charge in [0.15, 0.2) is 0 Å². The molecule has 0 saturated carbocycles. The summed E-state index contributed by atoms with van der Waals surface area (Å²) in [6.45, 7) is 0. The third-order valence-corrected chi connectivity index (χ3v) is 9.31. The van der Waals surface area contributed by atoms with Gasteiger partial charge in [-0.05, 0) is 74.5 Å². The fourth-order valence-corrected chi connectivity index (χ4v) is 7.33. The monoisotopic (exact) mass is 572 g/mol. The normalized spacial score (nSPS) is 13.1. The quantitative estimate of drug-likeness (QED) is 0.210. The minimum absolute atomic E-state index is 0.434. The van der Waals surface area contributed by atoms with Crippen LogP contribution in [0.15, 0.2) is 170 Å². The molecule has 0 amide bonds. The lowest BCUT2D eigenvalue weighted by atomic mass is 9.67. The molecule has 45 heavy (non-hydrogen) atoms. The van der Waals surface area contributed by atoms with Crippen LogP contribution in [0, 0.1) is 0 Å². The van der Waals surface area contributed by atoms with Crippen LogP contribution in [0.2, 0.25) is 0 Å². The fourth-order valence-electron chi connectivity index (χ4n) is 7.33. The van der Waals surface area contributed by atoms with E-state index in [4.69, 9.17) is 9.97 Å². The third-order valence-electron chi connectivity index (χ3n) is 9.31. The van der Waals surface area contributed by atoms with E-state index in [0.717, 1.165) is 33.5 Å². The first-order valence-corrected chi connectivity index (χ1v) is 15.4. The van der Waals surface area contributed by atoms with Gasteiger partial charge >= 0.3 is 0 Å². The van der Waals surface area contributed by atoms with Crippen molar-refractivity contribution in [3.05, 3.63) is 192 Å². The van der Waals surface area contributed by atoms with Gasteiger partial charge < -0.3 is 0 Å². The second kappa shape index (κ2) is 10.1. The summed E-state index contributed by atoms with van der Waals surface area (Å²) in [6, 6.07) is 60.9. The molecular formula is C43H28N2. The van der Waals surface area contributed by atoms with Gasteiger partial charge in [-0.1, -0.05) is 140 Å². The minimum Gasteiger partial charge on any atom is -0.244 e. The molecule has 0 saturated heterocycles. The van der Waals surface area contributed by atoms with Crippen molar-refractivity contribution in [3.8, 4) is 33.6 Å². The Morgan fingerprint density at radius 3 is 1.58 bits per heavy atom. The second-order valence-electron chi connectivity index (χ2n) is 11.8. The van der Waals surface area contributed by atoms with E-state index in [1.807, 2.05) is 30.3 Å². The molecule has 210 valence electrons. The maximum Gasteiger partial charge on any atom is 0.0973 e. The molecule has 1 heterocycles. The van der Waals surface area contributed by atoms with Crippen molar-refractivity contribution in [2.75, 3.05) is 0 Å². The largest absolute Gasteiger partial charge is 0.244 e. The van der Waals surface area contributed by atoms with Crippen molar-refractivity contribution < 1.29 is 0 Å². The summed E-state index contributed by atoms with van der Waals surface area (Å²) >= 11 is 0. The summed E-state index contributed by atoms with van der Waals surface area (Å²) in [5.74, 6) is 0. The van der Waals surface area contributed by atoms with Crippen LogP contribution in [0.25, 0.3) is 55.4 Å². The number of hydrogen-bond donors (Lipinski definition) is 0. The minimum atomic E-state index is -0.434. The molecule has 7 aromatic carbocycles. The first-order valence-electron chi connectivity index (χ1n) is 15.4. The Morgan fingerprint density at radius 2 is 0.911 bits per heavy atom. The Kier molecular flexibility index (Phi) is 5.76. The predicted octanol–water partition coefficient (Wildman–Crippen LogP) is 10.5. The Balaban J connectivity index is 1.33. The van der Waals surface area contributed by atoms with Gasteiger partial charge in [0.05, 0.1) is 27.8 Å². The molecule has 1 aliphatic carbocycles. The van der Waals surface area contributed by atoms with E-state index >= 15 is 0 Å². The second-order valence-corrected chi connectivity index (χ2v) is 11.8. The van der Waals surface area contributed by atoms with Gasteiger partial charge in [-0.3, -0.25) is 0 Å². The molecule has 2 heteroatoms. The summed E-state index contributed by atoms with van der Waals surface area (Å²) in [4.78, 5) is 10.3. The van der Waals surface area contributed by atoms with Crippen LogP contribution in [-0.2, 0) is 5.41 Å². The van der Waals surface area contributed by atoms with Crippen molar-refractivity contribution in [3.63, 3.8) is 0 Å². The third kappa shape index (κ3) is 3.89. The van der Waals surface area contributed by atoms with Crippen molar-refractivity contribution in [2.24, 2.45) is 0 Å². The predicted molar refractivity (Wildman–Crippen MR) is 185 cm³/mol. The zero-order valence-corrected chi connectivity index (χ0v) is 24.6. The van der Waals surface area contributed by atoms with Gasteiger partial charge in [0.2, 0.25) is 0 Å². The van der Waals surface area contributed by atoms with E-state index in [1.165, 1.54) is 44.2 Å². The molecule has 1 aromatic heterocycles. The van der Waals surface area contributed by atoms with E-state index in [2.05, 4.69) is 140 Å².